The van der Waals surface area contributed by atoms with Gasteiger partial charge in [0.1, 0.15) is 0 Å². The van der Waals surface area contributed by atoms with Gasteiger partial charge in [0.15, 0.2) is 23.5 Å². The number of rotatable bonds is 5. The first kappa shape index (κ1) is 16.7. The minimum Gasteiger partial charge on any atom is -0.475 e. The zero-order chi connectivity index (χ0) is 18.5. The van der Waals surface area contributed by atoms with E-state index in [-0.39, 0.29) is 24.7 Å². The Labute approximate surface area is 144 Å². The van der Waals surface area contributed by atoms with Gasteiger partial charge < -0.3 is 4.74 Å². The molecule has 0 N–H and O–H groups in total. The van der Waals surface area contributed by atoms with Gasteiger partial charge in [0.05, 0.1) is 24.4 Å². The van der Waals surface area contributed by atoms with Gasteiger partial charge in [-0.15, -0.1) is 10.2 Å². The van der Waals surface area contributed by atoms with Crippen molar-refractivity contribution in [3.05, 3.63) is 36.3 Å². The maximum atomic E-state index is 14.2. The van der Waals surface area contributed by atoms with E-state index in [4.69, 9.17) is 4.74 Å². The van der Waals surface area contributed by atoms with E-state index in [0.717, 1.165) is 6.07 Å². The lowest BCUT2D eigenvalue weighted by molar-refractivity contribution is 0.0842. The van der Waals surface area contributed by atoms with Crippen LogP contribution in [0.25, 0.3) is 16.9 Å². The summed E-state index contributed by atoms with van der Waals surface area (Å²) in [5.74, 6) is -4.68. The second kappa shape index (κ2) is 5.89. The SMILES string of the molecule is CC(F)c1nnc2cnc(-c3cnc(OC[C@@H]4CC4(F)F)c(F)c3)cn12. The van der Waals surface area contributed by atoms with Crippen LogP contribution in [0.15, 0.2) is 24.7 Å². The molecule has 0 aromatic carbocycles. The Morgan fingerprint density at radius 3 is 2.73 bits per heavy atom. The molecule has 10 heteroatoms. The van der Waals surface area contributed by atoms with E-state index in [2.05, 4.69) is 20.2 Å². The van der Waals surface area contributed by atoms with Crippen molar-refractivity contribution in [1.29, 1.82) is 0 Å². The van der Waals surface area contributed by atoms with E-state index >= 15 is 0 Å². The summed E-state index contributed by atoms with van der Waals surface area (Å²) in [6.07, 6.45) is 2.56. The number of fused-ring (bicyclic) bond motifs is 1. The van der Waals surface area contributed by atoms with Gasteiger partial charge in [-0.1, -0.05) is 0 Å². The van der Waals surface area contributed by atoms with E-state index < -0.39 is 23.8 Å². The standard InChI is InChI=1S/C16H13F4N5O/c1-8(17)14-24-23-13-5-21-12(6-25(13)14)9-2-11(18)15(22-4-9)26-7-10-3-16(10,19)20/h2,4-6,8,10H,3,7H2,1H3/t8?,10-/m0/s1. The molecule has 1 saturated carbocycles. The molecule has 2 atom stereocenters. The second-order valence-corrected chi connectivity index (χ2v) is 6.16. The maximum absolute atomic E-state index is 14.2. The molecule has 4 rings (SSSR count). The molecule has 0 amide bonds. The van der Waals surface area contributed by atoms with Crippen LogP contribution in [-0.4, -0.2) is 37.1 Å². The number of aromatic nitrogens is 5. The van der Waals surface area contributed by atoms with Crippen molar-refractivity contribution in [1.82, 2.24) is 24.6 Å². The first-order valence-electron chi connectivity index (χ1n) is 7.86. The minimum absolute atomic E-state index is 0.0994. The quantitative estimate of drug-likeness (QED) is 0.647. The molecule has 1 unspecified atom stereocenters. The van der Waals surface area contributed by atoms with Crippen LogP contribution in [-0.2, 0) is 0 Å². The molecular weight excluding hydrogens is 354 g/mol. The number of halogens is 4. The fourth-order valence-electron chi connectivity index (χ4n) is 2.54. The summed E-state index contributed by atoms with van der Waals surface area (Å²) in [7, 11) is 0. The molecule has 1 aliphatic rings. The van der Waals surface area contributed by atoms with E-state index in [1.807, 2.05) is 0 Å². The highest BCUT2D eigenvalue weighted by molar-refractivity contribution is 5.59. The van der Waals surface area contributed by atoms with Gasteiger partial charge >= 0.3 is 0 Å². The Hall–Kier alpha value is -2.78. The molecule has 6 nitrogen and oxygen atoms in total. The first-order chi connectivity index (χ1) is 12.3. The lowest BCUT2D eigenvalue weighted by Gasteiger charge is -2.08. The second-order valence-electron chi connectivity index (χ2n) is 6.16. The summed E-state index contributed by atoms with van der Waals surface area (Å²) < 4.78 is 59.9. The lowest BCUT2D eigenvalue weighted by atomic mass is 10.2. The number of hydrogen-bond acceptors (Lipinski definition) is 5. The van der Waals surface area contributed by atoms with Crippen molar-refractivity contribution in [3.8, 4) is 17.1 Å². The predicted octanol–water partition coefficient (Wildman–Crippen LogP) is 3.39. The molecule has 3 aromatic heterocycles. The van der Waals surface area contributed by atoms with E-state index in [0.29, 0.717) is 16.9 Å². The number of alkyl halides is 3. The fourth-order valence-corrected chi connectivity index (χ4v) is 2.54. The minimum atomic E-state index is -2.74. The Morgan fingerprint density at radius 1 is 1.31 bits per heavy atom. The van der Waals surface area contributed by atoms with Gasteiger partial charge in [-0.25, -0.2) is 22.5 Å². The van der Waals surface area contributed by atoms with Gasteiger partial charge in [-0.3, -0.25) is 9.38 Å². The summed E-state index contributed by atoms with van der Waals surface area (Å²) in [6.45, 7) is 1.03. The summed E-state index contributed by atoms with van der Waals surface area (Å²) in [5, 5.41) is 7.55. The van der Waals surface area contributed by atoms with Gasteiger partial charge in [0, 0.05) is 24.4 Å². The molecule has 3 heterocycles. The van der Waals surface area contributed by atoms with Crippen LogP contribution in [0.4, 0.5) is 17.6 Å². The molecule has 1 fully saturated rings. The Kier molecular flexibility index (Phi) is 3.78. The molecule has 26 heavy (non-hydrogen) atoms. The van der Waals surface area contributed by atoms with Crippen molar-refractivity contribution in [2.75, 3.05) is 6.61 Å². The lowest BCUT2D eigenvalue weighted by Crippen LogP contribution is -2.07. The van der Waals surface area contributed by atoms with Crippen LogP contribution in [0, 0.1) is 11.7 Å². The third-order valence-electron chi connectivity index (χ3n) is 4.15. The Morgan fingerprint density at radius 2 is 2.08 bits per heavy atom. The van der Waals surface area contributed by atoms with E-state index in [1.165, 1.54) is 29.9 Å². The number of nitrogens with zero attached hydrogens (tertiary/aromatic N) is 5. The van der Waals surface area contributed by atoms with Crippen LogP contribution in [0.1, 0.15) is 25.3 Å². The van der Waals surface area contributed by atoms with E-state index in [9.17, 15) is 17.6 Å². The van der Waals surface area contributed by atoms with E-state index in [1.54, 1.807) is 0 Å². The van der Waals surface area contributed by atoms with Crippen molar-refractivity contribution in [2.24, 2.45) is 5.92 Å². The highest BCUT2D eigenvalue weighted by atomic mass is 19.3. The molecule has 3 aromatic rings. The Bertz CT molecular complexity index is 974. The van der Waals surface area contributed by atoms with Crippen LogP contribution in [0.2, 0.25) is 0 Å². The number of pyridine rings is 1. The van der Waals surface area contributed by atoms with Gasteiger partial charge in [-0.05, 0) is 13.0 Å². The average molecular weight is 367 g/mol. The third kappa shape index (κ3) is 2.95. The van der Waals surface area contributed by atoms with Gasteiger partial charge in [-0.2, -0.15) is 0 Å². The van der Waals surface area contributed by atoms with Crippen molar-refractivity contribution >= 4 is 5.65 Å². The monoisotopic (exact) mass is 367 g/mol. The van der Waals surface area contributed by atoms with Crippen LogP contribution < -0.4 is 4.74 Å². The normalized spacial score (nSPS) is 19.5. The zero-order valence-corrected chi connectivity index (χ0v) is 13.5. The van der Waals surface area contributed by atoms with Crippen molar-refractivity contribution in [3.63, 3.8) is 0 Å². The first-order valence-corrected chi connectivity index (χ1v) is 7.86. The van der Waals surface area contributed by atoms with Gasteiger partial charge in [0.25, 0.3) is 5.92 Å². The number of hydrogen-bond donors (Lipinski definition) is 0. The van der Waals surface area contributed by atoms with Crippen molar-refractivity contribution in [2.45, 2.75) is 25.4 Å². The summed E-state index contributed by atoms with van der Waals surface area (Å²) in [4.78, 5) is 7.96. The predicted molar refractivity (Wildman–Crippen MR) is 82.0 cm³/mol. The molecule has 136 valence electrons. The zero-order valence-electron chi connectivity index (χ0n) is 13.5. The van der Waals surface area contributed by atoms with Crippen LogP contribution in [0.5, 0.6) is 5.88 Å². The largest absolute Gasteiger partial charge is 0.475 e. The smallest absolute Gasteiger partial charge is 0.255 e. The third-order valence-corrected chi connectivity index (χ3v) is 4.15. The number of ether oxygens (including phenoxy) is 1. The Balaban J connectivity index is 1.58. The molecular formula is C16H13F4N5O. The van der Waals surface area contributed by atoms with Crippen LogP contribution >= 0.6 is 0 Å². The molecule has 0 saturated heterocycles. The highest BCUT2D eigenvalue weighted by Crippen LogP contribution is 2.48. The molecule has 0 aliphatic heterocycles. The van der Waals surface area contributed by atoms with Gasteiger partial charge in [0.2, 0.25) is 5.88 Å². The molecule has 0 bridgehead atoms. The summed E-state index contributed by atoms with van der Waals surface area (Å²) in [6, 6.07) is 1.13. The average Bonchev–Trinajstić information content (AvgIpc) is 3.02. The topological polar surface area (TPSA) is 65.2 Å². The maximum Gasteiger partial charge on any atom is 0.255 e. The summed E-state index contributed by atoms with van der Waals surface area (Å²) >= 11 is 0. The molecule has 0 spiro atoms. The van der Waals surface area contributed by atoms with Crippen molar-refractivity contribution < 1.29 is 22.3 Å². The molecule has 0 radical (unpaired) electrons. The molecule has 1 aliphatic carbocycles. The fraction of sp³-hybridized carbons (Fsp3) is 0.375. The highest BCUT2D eigenvalue weighted by Gasteiger charge is 2.57. The van der Waals surface area contributed by atoms with Crippen LogP contribution in [0.3, 0.4) is 0 Å². The summed E-state index contributed by atoms with van der Waals surface area (Å²) in [5.41, 5.74) is 0.998.